The van der Waals surface area contributed by atoms with Gasteiger partial charge in [0.15, 0.2) is 5.13 Å². The van der Waals surface area contributed by atoms with Gasteiger partial charge >= 0.3 is 0 Å². The third-order valence-corrected chi connectivity index (χ3v) is 4.88. The first-order valence-corrected chi connectivity index (χ1v) is 8.43. The van der Waals surface area contributed by atoms with E-state index in [1.807, 2.05) is 5.38 Å². The number of anilines is 1. The number of amides is 1. The molecule has 20 heavy (non-hydrogen) atoms. The van der Waals surface area contributed by atoms with Gasteiger partial charge in [-0.2, -0.15) is 0 Å². The van der Waals surface area contributed by atoms with Crippen molar-refractivity contribution in [1.29, 1.82) is 0 Å². The van der Waals surface area contributed by atoms with Crippen LogP contribution in [0.1, 0.15) is 58.1 Å². The summed E-state index contributed by atoms with van der Waals surface area (Å²) in [6.07, 6.45) is 3.86. The summed E-state index contributed by atoms with van der Waals surface area (Å²) in [5, 5.41) is 9.18. The monoisotopic (exact) mass is 295 g/mol. The Morgan fingerprint density at radius 2 is 2.20 bits per heavy atom. The van der Waals surface area contributed by atoms with E-state index >= 15 is 0 Å². The Balaban J connectivity index is 2.07. The highest BCUT2D eigenvalue weighted by molar-refractivity contribution is 7.13. The van der Waals surface area contributed by atoms with Crippen molar-refractivity contribution in [2.45, 2.75) is 52.4 Å². The summed E-state index contributed by atoms with van der Waals surface area (Å²) in [7, 11) is 0. The average molecular weight is 295 g/mol. The van der Waals surface area contributed by atoms with Gasteiger partial charge in [0.25, 0.3) is 0 Å². The first-order valence-electron chi connectivity index (χ1n) is 7.55. The van der Waals surface area contributed by atoms with E-state index in [1.54, 1.807) is 0 Å². The number of piperidine rings is 1. The summed E-state index contributed by atoms with van der Waals surface area (Å²) >= 11 is 1.53. The van der Waals surface area contributed by atoms with Crippen molar-refractivity contribution in [3.05, 3.63) is 11.1 Å². The Morgan fingerprint density at radius 3 is 2.75 bits per heavy atom. The van der Waals surface area contributed by atoms with Gasteiger partial charge in [-0.05, 0) is 38.3 Å². The van der Waals surface area contributed by atoms with Crippen LogP contribution in [0.25, 0.3) is 0 Å². The maximum Gasteiger partial charge on any atom is 0.232 e. The van der Waals surface area contributed by atoms with Crippen LogP contribution in [-0.2, 0) is 4.79 Å². The topological polar surface area (TPSA) is 54.0 Å². The molecule has 0 unspecified atom stereocenters. The number of aromatic nitrogens is 1. The summed E-state index contributed by atoms with van der Waals surface area (Å²) < 4.78 is 0. The molecular weight excluding hydrogens is 270 g/mol. The zero-order chi connectivity index (χ0) is 14.6. The van der Waals surface area contributed by atoms with Crippen LogP contribution in [0.4, 0.5) is 5.13 Å². The number of hydrogen-bond donors (Lipinski definition) is 2. The Morgan fingerprint density at radius 1 is 1.50 bits per heavy atom. The SMILES string of the molecule is CCCC1(C(=O)Nc2nc(C(C)C)cs2)CCNCC1. The molecule has 1 saturated heterocycles. The third-order valence-electron chi connectivity index (χ3n) is 4.10. The number of thiazole rings is 1. The van der Waals surface area contributed by atoms with Crippen LogP contribution in [-0.4, -0.2) is 24.0 Å². The molecule has 2 heterocycles. The minimum atomic E-state index is -0.205. The van der Waals surface area contributed by atoms with Crippen LogP contribution in [0.15, 0.2) is 5.38 Å². The van der Waals surface area contributed by atoms with Crippen molar-refractivity contribution in [3.8, 4) is 0 Å². The van der Waals surface area contributed by atoms with E-state index in [2.05, 4.69) is 36.4 Å². The van der Waals surface area contributed by atoms with Crippen molar-refractivity contribution in [2.75, 3.05) is 18.4 Å². The first kappa shape index (κ1) is 15.4. The Labute approximate surface area is 125 Å². The predicted molar refractivity (Wildman–Crippen MR) is 84.3 cm³/mol. The largest absolute Gasteiger partial charge is 0.317 e. The maximum absolute atomic E-state index is 12.7. The smallest absolute Gasteiger partial charge is 0.232 e. The summed E-state index contributed by atoms with van der Waals surface area (Å²) in [4.78, 5) is 17.2. The zero-order valence-electron chi connectivity index (χ0n) is 12.7. The second-order valence-corrected chi connectivity index (χ2v) is 6.82. The van der Waals surface area contributed by atoms with Gasteiger partial charge in [-0.25, -0.2) is 4.98 Å². The van der Waals surface area contributed by atoms with Crippen molar-refractivity contribution in [1.82, 2.24) is 10.3 Å². The molecule has 0 radical (unpaired) electrons. The summed E-state index contributed by atoms with van der Waals surface area (Å²) in [5.74, 6) is 0.561. The lowest BCUT2D eigenvalue weighted by Crippen LogP contribution is -2.44. The lowest BCUT2D eigenvalue weighted by atomic mass is 9.74. The second kappa shape index (κ2) is 6.68. The van der Waals surface area contributed by atoms with Crippen LogP contribution in [0.2, 0.25) is 0 Å². The van der Waals surface area contributed by atoms with E-state index in [0.29, 0.717) is 5.92 Å². The first-order chi connectivity index (χ1) is 9.57. The molecule has 0 spiro atoms. The van der Waals surface area contributed by atoms with Crippen LogP contribution in [0, 0.1) is 5.41 Å². The number of carbonyl (C=O) groups excluding carboxylic acids is 1. The summed E-state index contributed by atoms with van der Waals surface area (Å²) in [6, 6.07) is 0. The molecule has 5 heteroatoms. The maximum atomic E-state index is 12.7. The van der Waals surface area contributed by atoms with Crippen molar-refractivity contribution in [2.24, 2.45) is 5.41 Å². The van der Waals surface area contributed by atoms with E-state index in [1.165, 1.54) is 11.3 Å². The summed E-state index contributed by atoms with van der Waals surface area (Å²) in [6.45, 7) is 8.25. The van der Waals surface area contributed by atoms with Crippen LogP contribution < -0.4 is 10.6 Å². The fraction of sp³-hybridized carbons (Fsp3) is 0.733. The predicted octanol–water partition coefficient (Wildman–Crippen LogP) is 3.37. The molecule has 0 aromatic carbocycles. The molecule has 4 nitrogen and oxygen atoms in total. The fourth-order valence-electron chi connectivity index (χ4n) is 2.81. The van der Waals surface area contributed by atoms with Crippen molar-refractivity contribution in [3.63, 3.8) is 0 Å². The molecular formula is C15H25N3OS. The molecule has 1 aliphatic rings. The van der Waals surface area contributed by atoms with Gasteiger partial charge in [0.2, 0.25) is 5.91 Å². The van der Waals surface area contributed by atoms with Crippen LogP contribution >= 0.6 is 11.3 Å². The number of rotatable bonds is 5. The fourth-order valence-corrected chi connectivity index (χ4v) is 3.68. The van der Waals surface area contributed by atoms with E-state index in [0.717, 1.165) is 49.6 Å². The second-order valence-electron chi connectivity index (χ2n) is 5.97. The molecule has 0 atom stereocenters. The van der Waals surface area contributed by atoms with Crippen molar-refractivity contribution >= 4 is 22.4 Å². The third kappa shape index (κ3) is 3.38. The van der Waals surface area contributed by atoms with Gasteiger partial charge < -0.3 is 10.6 Å². The molecule has 0 aliphatic carbocycles. The minimum Gasteiger partial charge on any atom is -0.317 e. The molecule has 1 fully saturated rings. The Kier molecular flexibility index (Phi) is 5.16. The highest BCUT2D eigenvalue weighted by Gasteiger charge is 2.38. The van der Waals surface area contributed by atoms with E-state index in [4.69, 9.17) is 0 Å². The van der Waals surface area contributed by atoms with E-state index in [9.17, 15) is 4.79 Å². The number of carbonyl (C=O) groups is 1. The molecule has 1 aromatic heterocycles. The van der Waals surface area contributed by atoms with Gasteiger partial charge in [0, 0.05) is 5.38 Å². The Bertz CT molecular complexity index is 444. The number of hydrogen-bond acceptors (Lipinski definition) is 4. The van der Waals surface area contributed by atoms with E-state index < -0.39 is 0 Å². The molecule has 1 aromatic rings. The molecule has 0 saturated carbocycles. The molecule has 0 bridgehead atoms. The van der Waals surface area contributed by atoms with E-state index in [-0.39, 0.29) is 11.3 Å². The van der Waals surface area contributed by atoms with Gasteiger partial charge in [0.05, 0.1) is 11.1 Å². The van der Waals surface area contributed by atoms with Crippen LogP contribution in [0.3, 0.4) is 0 Å². The highest BCUT2D eigenvalue weighted by Crippen LogP contribution is 2.35. The molecule has 1 aliphatic heterocycles. The zero-order valence-corrected chi connectivity index (χ0v) is 13.5. The molecule has 2 rings (SSSR count). The number of nitrogens with zero attached hydrogens (tertiary/aromatic N) is 1. The highest BCUT2D eigenvalue weighted by atomic mass is 32.1. The van der Waals surface area contributed by atoms with Crippen molar-refractivity contribution < 1.29 is 4.79 Å². The van der Waals surface area contributed by atoms with Crippen LogP contribution in [0.5, 0.6) is 0 Å². The van der Waals surface area contributed by atoms with Gasteiger partial charge in [0.1, 0.15) is 0 Å². The molecule has 112 valence electrons. The standard InChI is InChI=1S/C15H25N3OS/c1-4-5-15(6-8-16-9-7-15)13(19)18-14-17-12(10-20-14)11(2)3/h10-11,16H,4-9H2,1-3H3,(H,17,18,19). The lowest BCUT2D eigenvalue weighted by molar-refractivity contribution is -0.127. The van der Waals surface area contributed by atoms with Gasteiger partial charge in [-0.1, -0.05) is 27.2 Å². The number of nitrogens with one attached hydrogen (secondary N) is 2. The quantitative estimate of drug-likeness (QED) is 0.875. The van der Waals surface area contributed by atoms with Gasteiger partial charge in [-0.3, -0.25) is 4.79 Å². The Hall–Kier alpha value is -0.940. The average Bonchev–Trinajstić information content (AvgIpc) is 2.89. The molecule has 2 N–H and O–H groups in total. The van der Waals surface area contributed by atoms with Gasteiger partial charge in [-0.15, -0.1) is 11.3 Å². The normalized spacial score (nSPS) is 18.2. The minimum absolute atomic E-state index is 0.158. The summed E-state index contributed by atoms with van der Waals surface area (Å²) in [5.41, 5.74) is 0.851. The molecule has 1 amide bonds. The lowest BCUT2D eigenvalue weighted by Gasteiger charge is -2.35.